The minimum atomic E-state index is 0.331. The molecule has 1 aromatic rings. The third kappa shape index (κ3) is 3.60. The molecule has 3 heteroatoms. The minimum absolute atomic E-state index is 0.331. The molecule has 0 N–H and O–H groups in total. The van der Waals surface area contributed by atoms with Gasteiger partial charge in [-0.1, -0.05) is 19.9 Å². The lowest BCUT2D eigenvalue weighted by Gasteiger charge is -2.34. The molecule has 0 spiro atoms. The molecule has 0 saturated heterocycles. The average Bonchev–Trinajstić information content (AvgIpc) is 2.33. The highest BCUT2D eigenvalue weighted by molar-refractivity contribution is 6.17. The van der Waals surface area contributed by atoms with E-state index in [9.17, 15) is 0 Å². The molecule has 1 saturated carbocycles. The lowest BCUT2D eigenvalue weighted by atomic mass is 9.76. The fourth-order valence-electron chi connectivity index (χ4n) is 2.22. The van der Waals surface area contributed by atoms with Crippen molar-refractivity contribution in [1.29, 1.82) is 0 Å². The van der Waals surface area contributed by atoms with Crippen molar-refractivity contribution in [1.82, 2.24) is 4.98 Å². The first-order valence-corrected chi connectivity index (χ1v) is 6.80. The fraction of sp³-hybridized carbons (Fsp3) is 0.643. The Bertz CT molecular complexity index is 351. The van der Waals surface area contributed by atoms with Gasteiger partial charge in [-0.25, -0.2) is 4.98 Å². The van der Waals surface area contributed by atoms with E-state index in [4.69, 9.17) is 16.3 Å². The van der Waals surface area contributed by atoms with Gasteiger partial charge in [-0.3, -0.25) is 0 Å². The molecule has 0 amide bonds. The summed E-state index contributed by atoms with van der Waals surface area (Å²) in [5.41, 5.74) is 1.51. The second-order valence-corrected chi connectivity index (χ2v) is 5.89. The van der Waals surface area contributed by atoms with Crippen LogP contribution in [0.5, 0.6) is 5.88 Å². The van der Waals surface area contributed by atoms with Gasteiger partial charge in [0.25, 0.3) is 0 Å². The molecule has 0 aliphatic heterocycles. The van der Waals surface area contributed by atoms with Crippen molar-refractivity contribution in [2.45, 2.75) is 51.5 Å². The number of aromatic nitrogens is 1. The number of ether oxygens (including phenoxy) is 1. The van der Waals surface area contributed by atoms with Gasteiger partial charge in [-0.2, -0.15) is 0 Å². The highest BCUT2D eigenvalue weighted by atomic mass is 35.5. The quantitative estimate of drug-likeness (QED) is 0.755. The molecule has 1 fully saturated rings. The number of hydrogen-bond donors (Lipinski definition) is 0. The van der Waals surface area contributed by atoms with Crippen molar-refractivity contribution in [2.75, 3.05) is 0 Å². The van der Waals surface area contributed by atoms with Gasteiger partial charge in [-0.15, -0.1) is 11.6 Å². The lowest BCUT2D eigenvalue weighted by molar-refractivity contribution is 0.0949. The lowest BCUT2D eigenvalue weighted by Crippen LogP contribution is -2.28. The summed E-state index contributed by atoms with van der Waals surface area (Å²) < 4.78 is 5.89. The molecule has 0 unspecified atom stereocenters. The van der Waals surface area contributed by atoms with E-state index in [1.807, 2.05) is 12.1 Å². The van der Waals surface area contributed by atoms with Crippen LogP contribution in [0.25, 0.3) is 0 Å². The van der Waals surface area contributed by atoms with E-state index >= 15 is 0 Å². The molecule has 1 aliphatic carbocycles. The van der Waals surface area contributed by atoms with Crippen molar-refractivity contribution in [2.24, 2.45) is 5.41 Å². The summed E-state index contributed by atoms with van der Waals surface area (Å²) in [7, 11) is 0. The van der Waals surface area contributed by atoms with E-state index in [0.29, 0.717) is 17.4 Å². The third-order valence-corrected chi connectivity index (χ3v) is 3.83. The van der Waals surface area contributed by atoms with Crippen LogP contribution in [-0.4, -0.2) is 11.1 Å². The number of nitrogens with zero attached hydrogens (tertiary/aromatic N) is 1. The summed E-state index contributed by atoms with van der Waals surface area (Å²) >= 11 is 5.72. The van der Waals surface area contributed by atoms with Crippen molar-refractivity contribution in [3.63, 3.8) is 0 Å². The predicted octanol–water partition coefficient (Wildman–Crippen LogP) is 4.17. The van der Waals surface area contributed by atoms with Crippen molar-refractivity contribution >= 4 is 11.6 Å². The third-order valence-electron chi connectivity index (χ3n) is 3.53. The number of alkyl halides is 1. The van der Waals surface area contributed by atoms with Crippen LogP contribution in [0.15, 0.2) is 18.3 Å². The largest absolute Gasteiger partial charge is 0.474 e. The Morgan fingerprint density at radius 1 is 1.35 bits per heavy atom. The molecule has 2 rings (SSSR count). The molecule has 17 heavy (non-hydrogen) atoms. The summed E-state index contributed by atoms with van der Waals surface area (Å²) in [6.45, 7) is 4.66. The second-order valence-electron chi connectivity index (χ2n) is 5.62. The zero-order valence-electron chi connectivity index (χ0n) is 10.6. The van der Waals surface area contributed by atoms with Crippen LogP contribution in [0.2, 0.25) is 0 Å². The highest BCUT2D eigenvalue weighted by Gasteiger charge is 2.27. The Labute approximate surface area is 108 Å². The molecule has 0 aromatic carbocycles. The van der Waals surface area contributed by atoms with Crippen molar-refractivity contribution in [3.05, 3.63) is 23.9 Å². The first-order valence-electron chi connectivity index (χ1n) is 6.27. The van der Waals surface area contributed by atoms with Gasteiger partial charge in [0.15, 0.2) is 0 Å². The fourth-order valence-corrected chi connectivity index (χ4v) is 2.38. The molecule has 0 radical (unpaired) electrons. The standard InChI is InChI=1S/C14H20ClNO/c1-14(2)7-5-12(6-8-14)17-13-4-3-11(9-15)10-16-13/h3-4,10,12H,5-9H2,1-2H3. The number of halogens is 1. The van der Waals surface area contributed by atoms with Crippen LogP contribution in [0.1, 0.15) is 45.1 Å². The number of pyridine rings is 1. The second kappa shape index (κ2) is 5.26. The molecule has 94 valence electrons. The van der Waals surface area contributed by atoms with Gasteiger partial charge >= 0.3 is 0 Å². The maximum absolute atomic E-state index is 5.89. The van der Waals surface area contributed by atoms with Gasteiger partial charge in [0, 0.05) is 18.1 Å². The zero-order chi connectivity index (χ0) is 12.3. The molecule has 1 aromatic heterocycles. The van der Waals surface area contributed by atoms with E-state index in [1.54, 1.807) is 6.20 Å². The molecular formula is C14H20ClNO. The summed E-state index contributed by atoms with van der Waals surface area (Å²) in [6.07, 6.45) is 6.85. The van der Waals surface area contributed by atoms with Gasteiger partial charge in [-0.05, 0) is 36.7 Å². The molecule has 0 bridgehead atoms. The topological polar surface area (TPSA) is 22.1 Å². The van der Waals surface area contributed by atoms with Gasteiger partial charge in [0.05, 0.1) is 0 Å². The van der Waals surface area contributed by atoms with E-state index in [-0.39, 0.29) is 0 Å². The average molecular weight is 254 g/mol. The SMILES string of the molecule is CC1(C)CCC(Oc2ccc(CCl)cn2)CC1. The van der Waals surface area contributed by atoms with Gasteiger partial charge in [0.2, 0.25) is 5.88 Å². The van der Waals surface area contributed by atoms with Crippen LogP contribution in [0.4, 0.5) is 0 Å². The van der Waals surface area contributed by atoms with Crippen LogP contribution in [0, 0.1) is 5.41 Å². The molecule has 2 nitrogen and oxygen atoms in total. The van der Waals surface area contributed by atoms with E-state index < -0.39 is 0 Å². The summed E-state index contributed by atoms with van der Waals surface area (Å²) in [6, 6.07) is 3.89. The van der Waals surface area contributed by atoms with Crippen molar-refractivity contribution in [3.8, 4) is 5.88 Å². The van der Waals surface area contributed by atoms with Gasteiger partial charge in [0.1, 0.15) is 6.10 Å². The Morgan fingerprint density at radius 3 is 2.59 bits per heavy atom. The monoisotopic (exact) mass is 253 g/mol. The zero-order valence-corrected chi connectivity index (χ0v) is 11.3. The van der Waals surface area contributed by atoms with Crippen LogP contribution in [-0.2, 0) is 5.88 Å². The van der Waals surface area contributed by atoms with E-state index in [1.165, 1.54) is 12.8 Å². The number of hydrogen-bond acceptors (Lipinski definition) is 2. The van der Waals surface area contributed by atoms with E-state index in [0.717, 1.165) is 24.3 Å². The number of rotatable bonds is 3. The van der Waals surface area contributed by atoms with Crippen LogP contribution in [0.3, 0.4) is 0 Å². The summed E-state index contributed by atoms with van der Waals surface area (Å²) in [5.74, 6) is 1.23. The molecular weight excluding hydrogens is 234 g/mol. The molecule has 1 heterocycles. The van der Waals surface area contributed by atoms with E-state index in [2.05, 4.69) is 18.8 Å². The Balaban J connectivity index is 1.89. The Kier molecular flexibility index (Phi) is 3.93. The summed E-state index contributed by atoms with van der Waals surface area (Å²) in [5, 5.41) is 0. The Morgan fingerprint density at radius 2 is 2.06 bits per heavy atom. The normalized spacial score (nSPS) is 20.2. The molecule has 1 aliphatic rings. The first-order chi connectivity index (χ1) is 8.09. The maximum atomic E-state index is 5.89. The van der Waals surface area contributed by atoms with Gasteiger partial charge < -0.3 is 4.74 Å². The Hall–Kier alpha value is -0.760. The first kappa shape index (κ1) is 12.7. The smallest absolute Gasteiger partial charge is 0.213 e. The predicted molar refractivity (Wildman–Crippen MR) is 70.5 cm³/mol. The van der Waals surface area contributed by atoms with Crippen LogP contribution < -0.4 is 4.74 Å². The summed E-state index contributed by atoms with van der Waals surface area (Å²) in [4.78, 5) is 4.27. The highest BCUT2D eigenvalue weighted by Crippen LogP contribution is 2.36. The molecule has 0 atom stereocenters. The van der Waals surface area contributed by atoms with Crippen molar-refractivity contribution < 1.29 is 4.74 Å². The maximum Gasteiger partial charge on any atom is 0.213 e. The minimum Gasteiger partial charge on any atom is -0.474 e. The van der Waals surface area contributed by atoms with Crippen LogP contribution >= 0.6 is 11.6 Å².